The zero-order valence-corrected chi connectivity index (χ0v) is 17.7. The van der Waals surface area contributed by atoms with E-state index in [0.717, 1.165) is 41.3 Å². The van der Waals surface area contributed by atoms with Crippen LogP contribution in [0.2, 0.25) is 0 Å². The number of rotatable bonds is 4. The maximum absolute atomic E-state index is 13.3. The van der Waals surface area contributed by atoms with Gasteiger partial charge in [-0.25, -0.2) is 9.97 Å². The van der Waals surface area contributed by atoms with E-state index >= 15 is 0 Å². The van der Waals surface area contributed by atoms with Crippen LogP contribution < -0.4 is 15.8 Å². The lowest BCUT2D eigenvalue weighted by Crippen LogP contribution is -2.15. The van der Waals surface area contributed by atoms with Gasteiger partial charge in [-0.2, -0.15) is 13.2 Å². The number of nitrogens with zero attached hydrogens (tertiary/aromatic N) is 2. The van der Waals surface area contributed by atoms with Crippen molar-refractivity contribution in [2.24, 2.45) is 0 Å². The van der Waals surface area contributed by atoms with E-state index < -0.39 is 17.6 Å². The van der Waals surface area contributed by atoms with Crippen LogP contribution in [0.3, 0.4) is 0 Å². The average Bonchev–Trinajstić information content (AvgIpc) is 2.79. The lowest BCUT2D eigenvalue weighted by atomic mass is 9.97. The van der Waals surface area contributed by atoms with Gasteiger partial charge in [0.05, 0.1) is 18.2 Å². The molecule has 4 aromatic rings. The first-order valence-electron chi connectivity index (χ1n) is 9.86. The van der Waals surface area contributed by atoms with E-state index in [2.05, 4.69) is 15.3 Å². The fourth-order valence-corrected chi connectivity index (χ4v) is 3.55. The number of fused-ring (bicyclic) bond motifs is 1. The molecule has 0 aliphatic heterocycles. The van der Waals surface area contributed by atoms with Gasteiger partial charge in [-0.3, -0.25) is 4.79 Å². The van der Waals surface area contributed by atoms with E-state index in [1.807, 2.05) is 31.2 Å². The minimum absolute atomic E-state index is 0.136. The molecule has 4 rings (SSSR count). The van der Waals surface area contributed by atoms with Crippen LogP contribution in [0.15, 0.2) is 60.8 Å². The average molecular weight is 452 g/mol. The minimum atomic E-state index is -4.66. The van der Waals surface area contributed by atoms with Crippen LogP contribution in [-0.4, -0.2) is 23.0 Å². The molecule has 0 saturated carbocycles. The summed E-state index contributed by atoms with van der Waals surface area (Å²) in [4.78, 5) is 21.1. The van der Waals surface area contributed by atoms with Gasteiger partial charge in [-0.15, -0.1) is 0 Å². The highest BCUT2D eigenvalue weighted by Crippen LogP contribution is 2.37. The van der Waals surface area contributed by atoms with E-state index in [1.54, 1.807) is 18.3 Å². The quantitative estimate of drug-likeness (QED) is 0.429. The molecule has 33 heavy (non-hydrogen) atoms. The number of nitrogen functional groups attached to an aromatic ring is 1. The molecule has 0 fully saturated rings. The minimum Gasteiger partial charge on any atom is -0.496 e. The number of amides is 1. The molecule has 1 amide bonds. The Labute approximate surface area is 187 Å². The lowest BCUT2D eigenvalue weighted by molar-refractivity contribution is -0.138. The number of hydrogen-bond acceptors (Lipinski definition) is 5. The fourth-order valence-electron chi connectivity index (χ4n) is 3.55. The first kappa shape index (κ1) is 22.1. The molecule has 0 unspecified atom stereocenters. The first-order valence-corrected chi connectivity index (χ1v) is 9.86. The van der Waals surface area contributed by atoms with Crippen molar-refractivity contribution in [1.29, 1.82) is 0 Å². The summed E-state index contributed by atoms with van der Waals surface area (Å²) >= 11 is 0. The topological polar surface area (TPSA) is 90.1 Å². The third-order valence-electron chi connectivity index (χ3n) is 5.18. The number of alkyl halides is 3. The molecule has 0 aliphatic carbocycles. The number of para-hydroxylation sites is 1. The predicted molar refractivity (Wildman–Crippen MR) is 120 cm³/mol. The number of aromatic nitrogens is 2. The zero-order chi connectivity index (χ0) is 23.8. The lowest BCUT2D eigenvalue weighted by Gasteiger charge is -2.14. The highest BCUT2D eigenvalue weighted by atomic mass is 19.4. The predicted octanol–water partition coefficient (Wildman–Crippen LogP) is 5.47. The smallest absolute Gasteiger partial charge is 0.419 e. The third kappa shape index (κ3) is 4.43. The van der Waals surface area contributed by atoms with Gasteiger partial charge in [0.25, 0.3) is 5.91 Å². The summed E-state index contributed by atoms with van der Waals surface area (Å²) in [5.74, 6) is -0.895. The van der Waals surface area contributed by atoms with Crippen molar-refractivity contribution in [3.63, 3.8) is 0 Å². The van der Waals surface area contributed by atoms with Crippen molar-refractivity contribution in [2.45, 2.75) is 13.1 Å². The molecule has 0 saturated heterocycles. The summed E-state index contributed by atoms with van der Waals surface area (Å²) in [6.07, 6.45) is -3.03. The summed E-state index contributed by atoms with van der Waals surface area (Å²) < 4.78 is 44.7. The molecule has 0 aliphatic rings. The number of ether oxygens (including phenoxy) is 1. The monoisotopic (exact) mass is 452 g/mol. The van der Waals surface area contributed by atoms with Gasteiger partial charge >= 0.3 is 6.18 Å². The van der Waals surface area contributed by atoms with Gasteiger partial charge in [-0.1, -0.05) is 24.3 Å². The molecule has 6 nitrogen and oxygen atoms in total. The Bertz CT molecular complexity index is 1370. The number of hydrogen-bond donors (Lipinski definition) is 2. The van der Waals surface area contributed by atoms with Gasteiger partial charge in [0.15, 0.2) is 0 Å². The Morgan fingerprint density at radius 1 is 1.06 bits per heavy atom. The van der Waals surface area contributed by atoms with Crippen LogP contribution in [0.1, 0.15) is 21.5 Å². The second-order valence-electron chi connectivity index (χ2n) is 7.37. The fraction of sp³-hybridized carbons (Fsp3) is 0.125. The van der Waals surface area contributed by atoms with Crippen LogP contribution in [-0.2, 0) is 6.18 Å². The highest BCUT2D eigenvalue weighted by Gasteiger charge is 2.35. The van der Waals surface area contributed by atoms with E-state index in [4.69, 9.17) is 10.5 Å². The maximum Gasteiger partial charge on any atom is 0.419 e. The van der Waals surface area contributed by atoms with Crippen LogP contribution in [0.5, 0.6) is 5.75 Å². The molecule has 0 bridgehead atoms. The van der Waals surface area contributed by atoms with Crippen molar-refractivity contribution >= 4 is 28.4 Å². The standard InChI is InChI=1S/C24H19F3N4O2/c1-13-6-8-16(11-18(13)17-5-3-4-15-12-29-23(28)31-21(15)17)30-22(32)14-7-9-20(33-2)19(10-14)24(25,26)27/h3-12H,1-2H3,(H,30,32)(H2,28,29,31). The van der Waals surface area contributed by atoms with Crippen LogP contribution in [0, 0.1) is 6.92 Å². The molecule has 1 aromatic heterocycles. The molecule has 9 heteroatoms. The first-order chi connectivity index (χ1) is 15.7. The summed E-state index contributed by atoms with van der Waals surface area (Å²) in [7, 11) is 1.14. The number of nitrogens with one attached hydrogen (secondary N) is 1. The number of halogens is 3. The number of carbonyl (C=O) groups excluding carboxylic acids is 1. The summed E-state index contributed by atoms with van der Waals surface area (Å²) in [5, 5.41) is 3.47. The number of benzene rings is 3. The van der Waals surface area contributed by atoms with Gasteiger partial charge in [-0.05, 0) is 48.4 Å². The number of aryl methyl sites for hydroxylation is 1. The normalized spacial score (nSPS) is 11.4. The SMILES string of the molecule is COc1ccc(C(=O)Nc2ccc(C)c(-c3cccc4cnc(N)nc34)c2)cc1C(F)(F)F. The molecule has 0 radical (unpaired) electrons. The van der Waals surface area contributed by atoms with Gasteiger partial charge < -0.3 is 15.8 Å². The van der Waals surface area contributed by atoms with Gasteiger partial charge in [0, 0.05) is 28.4 Å². The van der Waals surface area contributed by atoms with Crippen molar-refractivity contribution in [3.8, 4) is 16.9 Å². The van der Waals surface area contributed by atoms with Gasteiger partial charge in [0.1, 0.15) is 5.75 Å². The molecular weight excluding hydrogens is 433 g/mol. The number of anilines is 2. The molecular formula is C24H19F3N4O2. The molecule has 3 aromatic carbocycles. The highest BCUT2D eigenvalue weighted by molar-refractivity contribution is 6.05. The van der Waals surface area contributed by atoms with Gasteiger partial charge in [0.2, 0.25) is 5.95 Å². The van der Waals surface area contributed by atoms with Crippen molar-refractivity contribution < 1.29 is 22.7 Å². The number of methoxy groups -OCH3 is 1. The summed E-state index contributed by atoms with van der Waals surface area (Å²) in [5.41, 5.74) is 8.18. The Kier molecular flexibility index (Phi) is 5.63. The second-order valence-corrected chi connectivity index (χ2v) is 7.37. The van der Waals surface area contributed by atoms with Crippen LogP contribution in [0.4, 0.5) is 24.8 Å². The Morgan fingerprint density at radius 2 is 1.85 bits per heavy atom. The largest absolute Gasteiger partial charge is 0.496 e. The van der Waals surface area contributed by atoms with E-state index in [9.17, 15) is 18.0 Å². The molecule has 0 atom stereocenters. The Hall–Kier alpha value is -4.14. The summed E-state index contributed by atoms with van der Waals surface area (Å²) in [6, 6.07) is 14.0. The molecule has 0 spiro atoms. The van der Waals surface area contributed by atoms with E-state index in [1.165, 1.54) is 6.07 Å². The molecule has 168 valence electrons. The maximum atomic E-state index is 13.3. The van der Waals surface area contributed by atoms with Crippen molar-refractivity contribution in [1.82, 2.24) is 9.97 Å². The number of carbonyl (C=O) groups is 1. The third-order valence-corrected chi connectivity index (χ3v) is 5.18. The second kappa shape index (κ2) is 8.42. The number of nitrogens with two attached hydrogens (primary N) is 1. The molecule has 3 N–H and O–H groups in total. The van der Waals surface area contributed by atoms with E-state index in [0.29, 0.717) is 11.2 Å². The molecule has 1 heterocycles. The van der Waals surface area contributed by atoms with Crippen LogP contribution >= 0.6 is 0 Å². The Balaban J connectivity index is 1.70. The zero-order valence-electron chi connectivity index (χ0n) is 17.7. The van der Waals surface area contributed by atoms with Crippen molar-refractivity contribution in [2.75, 3.05) is 18.2 Å². The van der Waals surface area contributed by atoms with Crippen LogP contribution in [0.25, 0.3) is 22.0 Å². The van der Waals surface area contributed by atoms with Crippen molar-refractivity contribution in [3.05, 3.63) is 77.5 Å². The summed E-state index contributed by atoms with van der Waals surface area (Å²) in [6.45, 7) is 1.91. The van der Waals surface area contributed by atoms with E-state index in [-0.39, 0.29) is 17.3 Å². The Morgan fingerprint density at radius 3 is 2.58 bits per heavy atom.